The van der Waals surface area contributed by atoms with Gasteiger partial charge in [0.2, 0.25) is 0 Å². The Balaban J connectivity index is 1.37. The molecule has 0 N–H and O–H groups in total. The molecule has 10 heteroatoms. The van der Waals surface area contributed by atoms with E-state index < -0.39 is 11.9 Å². The highest BCUT2D eigenvalue weighted by Gasteiger charge is 2.39. The zero-order chi connectivity index (χ0) is 21.6. The van der Waals surface area contributed by atoms with Gasteiger partial charge in [-0.3, -0.25) is 9.48 Å². The van der Waals surface area contributed by atoms with E-state index in [1.165, 1.54) is 16.0 Å². The average Bonchev–Trinajstić information content (AvgIpc) is 3.52. The summed E-state index contributed by atoms with van der Waals surface area (Å²) < 4.78 is 47.2. The van der Waals surface area contributed by atoms with E-state index in [2.05, 4.69) is 10.1 Å². The fourth-order valence-electron chi connectivity index (χ4n) is 4.57. The SMILES string of the molecule is O=C(c1csc(Cn2nc(C(F)(F)F)c3c2CCCC3)n1)N1CCCC1c1ccco1. The van der Waals surface area contributed by atoms with Gasteiger partial charge >= 0.3 is 6.18 Å². The lowest BCUT2D eigenvalue weighted by molar-refractivity contribution is -0.142. The highest BCUT2D eigenvalue weighted by atomic mass is 32.1. The molecule has 0 saturated carbocycles. The Kier molecular flexibility index (Phi) is 5.11. The number of rotatable bonds is 4. The fraction of sp³-hybridized carbons (Fsp3) is 0.476. The van der Waals surface area contributed by atoms with Gasteiger partial charge in [-0.05, 0) is 50.7 Å². The topological polar surface area (TPSA) is 64.2 Å². The van der Waals surface area contributed by atoms with Crippen molar-refractivity contribution >= 4 is 17.2 Å². The summed E-state index contributed by atoms with van der Waals surface area (Å²) in [6.45, 7) is 0.761. The number of aromatic nitrogens is 3. The summed E-state index contributed by atoms with van der Waals surface area (Å²) in [6, 6.07) is 3.55. The van der Waals surface area contributed by atoms with Crippen LogP contribution in [-0.4, -0.2) is 32.1 Å². The second-order valence-electron chi connectivity index (χ2n) is 7.93. The van der Waals surface area contributed by atoms with E-state index in [-0.39, 0.29) is 18.5 Å². The van der Waals surface area contributed by atoms with Gasteiger partial charge in [0.25, 0.3) is 5.91 Å². The van der Waals surface area contributed by atoms with Crippen molar-refractivity contribution in [1.29, 1.82) is 0 Å². The number of amides is 1. The lowest BCUT2D eigenvalue weighted by atomic mass is 9.95. The summed E-state index contributed by atoms with van der Waals surface area (Å²) in [5.74, 6) is 0.573. The Morgan fingerprint density at radius 3 is 2.87 bits per heavy atom. The van der Waals surface area contributed by atoms with E-state index in [0.29, 0.717) is 41.3 Å². The zero-order valence-electron chi connectivity index (χ0n) is 16.7. The molecule has 3 aromatic heterocycles. The van der Waals surface area contributed by atoms with E-state index in [1.807, 2.05) is 6.07 Å². The quantitative estimate of drug-likeness (QED) is 0.570. The molecule has 1 aliphatic carbocycles. The highest BCUT2D eigenvalue weighted by Crippen LogP contribution is 2.36. The molecule has 0 aromatic carbocycles. The van der Waals surface area contributed by atoms with Crippen LogP contribution >= 0.6 is 11.3 Å². The third kappa shape index (κ3) is 3.77. The molecule has 1 unspecified atom stereocenters. The predicted molar refractivity (Wildman–Crippen MR) is 107 cm³/mol. The second-order valence-corrected chi connectivity index (χ2v) is 8.88. The number of halogens is 3. The number of hydrogen-bond donors (Lipinski definition) is 0. The van der Waals surface area contributed by atoms with Gasteiger partial charge in [-0.15, -0.1) is 11.3 Å². The first kappa shape index (κ1) is 20.3. The van der Waals surface area contributed by atoms with Crippen molar-refractivity contribution in [2.45, 2.75) is 57.3 Å². The second kappa shape index (κ2) is 7.81. The largest absolute Gasteiger partial charge is 0.467 e. The fourth-order valence-corrected chi connectivity index (χ4v) is 5.32. The van der Waals surface area contributed by atoms with Gasteiger partial charge in [0.15, 0.2) is 5.69 Å². The van der Waals surface area contributed by atoms with Gasteiger partial charge in [0.1, 0.15) is 16.5 Å². The molecule has 6 nitrogen and oxygen atoms in total. The van der Waals surface area contributed by atoms with Crippen LogP contribution in [0.25, 0.3) is 0 Å². The number of fused-ring (bicyclic) bond motifs is 1. The maximum absolute atomic E-state index is 13.4. The lowest BCUT2D eigenvalue weighted by Gasteiger charge is -2.22. The van der Waals surface area contributed by atoms with E-state index in [0.717, 1.165) is 31.4 Å². The first-order valence-corrected chi connectivity index (χ1v) is 11.2. The number of likely N-dealkylation sites (tertiary alicyclic amines) is 1. The van der Waals surface area contributed by atoms with Gasteiger partial charge in [-0.2, -0.15) is 18.3 Å². The van der Waals surface area contributed by atoms with Crippen molar-refractivity contribution < 1.29 is 22.4 Å². The molecule has 0 bridgehead atoms. The van der Waals surface area contributed by atoms with Crippen LogP contribution in [0.4, 0.5) is 13.2 Å². The number of alkyl halides is 3. The molecule has 1 amide bonds. The van der Waals surface area contributed by atoms with Gasteiger partial charge in [-0.1, -0.05) is 0 Å². The van der Waals surface area contributed by atoms with E-state index in [4.69, 9.17) is 4.42 Å². The summed E-state index contributed by atoms with van der Waals surface area (Å²) in [5.41, 5.74) is 0.480. The standard InChI is InChI=1S/C21H21F3N4O2S/c22-21(23,24)19-13-5-1-2-6-15(13)28(26-19)11-18-25-14(12-31-18)20(29)27-9-3-7-16(27)17-8-4-10-30-17/h4,8,10,12,16H,1-3,5-7,9,11H2. The Hall–Kier alpha value is -2.62. The molecule has 0 radical (unpaired) electrons. The van der Waals surface area contributed by atoms with Gasteiger partial charge in [0.05, 0.1) is 18.8 Å². The molecular weight excluding hydrogens is 429 g/mol. The van der Waals surface area contributed by atoms with Crippen molar-refractivity contribution in [2.75, 3.05) is 6.54 Å². The minimum Gasteiger partial charge on any atom is -0.467 e. The summed E-state index contributed by atoms with van der Waals surface area (Å²) in [7, 11) is 0. The normalized spacial score (nSPS) is 19.1. The number of thiazole rings is 1. The van der Waals surface area contributed by atoms with Crippen molar-refractivity contribution in [3.8, 4) is 0 Å². The van der Waals surface area contributed by atoms with Gasteiger partial charge in [0, 0.05) is 23.2 Å². The molecule has 2 aliphatic rings. The number of carbonyl (C=O) groups is 1. The zero-order valence-corrected chi connectivity index (χ0v) is 17.5. The minimum atomic E-state index is -4.46. The summed E-state index contributed by atoms with van der Waals surface area (Å²) in [5, 5.41) is 6.13. The summed E-state index contributed by atoms with van der Waals surface area (Å²) in [6.07, 6.45) is 1.41. The number of hydrogen-bond acceptors (Lipinski definition) is 5. The number of nitrogens with zero attached hydrogens (tertiary/aromatic N) is 4. The summed E-state index contributed by atoms with van der Waals surface area (Å²) >= 11 is 1.27. The van der Waals surface area contributed by atoms with Crippen LogP contribution in [0.5, 0.6) is 0 Å². The molecule has 0 spiro atoms. The maximum Gasteiger partial charge on any atom is 0.435 e. The Morgan fingerprint density at radius 1 is 1.26 bits per heavy atom. The molecule has 3 aromatic rings. The van der Waals surface area contributed by atoms with E-state index in [9.17, 15) is 18.0 Å². The molecule has 164 valence electrons. The summed E-state index contributed by atoms with van der Waals surface area (Å²) in [4.78, 5) is 19.2. The molecule has 5 rings (SSSR count). The molecule has 1 saturated heterocycles. The van der Waals surface area contributed by atoms with Crippen LogP contribution in [0.1, 0.15) is 69.9 Å². The molecule has 1 fully saturated rings. The predicted octanol–water partition coefficient (Wildman–Crippen LogP) is 4.86. The van der Waals surface area contributed by atoms with Crippen LogP contribution in [0.15, 0.2) is 28.2 Å². The van der Waals surface area contributed by atoms with Crippen molar-refractivity contribution in [3.05, 3.63) is 57.2 Å². The van der Waals surface area contributed by atoms with Crippen LogP contribution in [0.2, 0.25) is 0 Å². The van der Waals surface area contributed by atoms with Gasteiger partial charge < -0.3 is 9.32 Å². The Labute approximate surface area is 180 Å². The Bertz CT molecular complexity index is 1090. The monoisotopic (exact) mass is 450 g/mol. The molecule has 1 atom stereocenters. The smallest absolute Gasteiger partial charge is 0.435 e. The molecule has 1 aliphatic heterocycles. The Morgan fingerprint density at radius 2 is 2.10 bits per heavy atom. The average molecular weight is 450 g/mol. The highest BCUT2D eigenvalue weighted by molar-refractivity contribution is 7.09. The van der Waals surface area contributed by atoms with Crippen LogP contribution < -0.4 is 0 Å². The van der Waals surface area contributed by atoms with Crippen LogP contribution in [0, 0.1) is 0 Å². The van der Waals surface area contributed by atoms with Crippen molar-refractivity contribution in [1.82, 2.24) is 19.7 Å². The lowest BCUT2D eigenvalue weighted by Crippen LogP contribution is -2.30. The van der Waals surface area contributed by atoms with Crippen molar-refractivity contribution in [3.63, 3.8) is 0 Å². The first-order valence-electron chi connectivity index (χ1n) is 10.4. The third-order valence-corrected chi connectivity index (χ3v) is 6.80. The number of furan rings is 1. The minimum absolute atomic E-state index is 0.111. The van der Waals surface area contributed by atoms with Crippen molar-refractivity contribution in [2.24, 2.45) is 0 Å². The molecule has 4 heterocycles. The maximum atomic E-state index is 13.4. The van der Waals surface area contributed by atoms with Crippen LogP contribution in [-0.2, 0) is 25.6 Å². The third-order valence-electron chi connectivity index (χ3n) is 5.97. The first-order chi connectivity index (χ1) is 14.9. The van der Waals surface area contributed by atoms with E-state index in [1.54, 1.807) is 22.6 Å². The van der Waals surface area contributed by atoms with E-state index >= 15 is 0 Å². The van der Waals surface area contributed by atoms with Gasteiger partial charge in [-0.25, -0.2) is 4.98 Å². The molecule has 31 heavy (non-hydrogen) atoms. The van der Waals surface area contributed by atoms with Crippen LogP contribution in [0.3, 0.4) is 0 Å². The molecular formula is C21H21F3N4O2S. The number of carbonyl (C=O) groups excluding carboxylic acids is 1.